The van der Waals surface area contributed by atoms with E-state index in [1.54, 1.807) is 49.4 Å². The van der Waals surface area contributed by atoms with E-state index in [2.05, 4.69) is 10.5 Å². The summed E-state index contributed by atoms with van der Waals surface area (Å²) in [7, 11) is -3.68. The van der Waals surface area contributed by atoms with Crippen LogP contribution in [0.4, 0.5) is 5.69 Å². The summed E-state index contributed by atoms with van der Waals surface area (Å²) in [6, 6.07) is 12.0. The van der Waals surface area contributed by atoms with Gasteiger partial charge in [-0.2, -0.15) is 5.10 Å². The van der Waals surface area contributed by atoms with Gasteiger partial charge < -0.3 is 4.74 Å². The van der Waals surface area contributed by atoms with Crippen LogP contribution in [0.2, 0.25) is 5.02 Å². The first-order valence-electron chi connectivity index (χ1n) is 8.89. The first-order chi connectivity index (χ1) is 13.6. The quantitative estimate of drug-likeness (QED) is 0.506. The number of hydrazone groups is 1. The summed E-state index contributed by atoms with van der Waals surface area (Å²) in [4.78, 5) is 12.2. The molecule has 0 aromatic heterocycles. The molecule has 1 amide bonds. The number of anilines is 1. The zero-order valence-corrected chi connectivity index (χ0v) is 18.3. The smallest absolute Gasteiger partial charge is 0.260 e. The summed E-state index contributed by atoms with van der Waals surface area (Å²) in [6.45, 7) is 5.20. The molecule has 0 radical (unpaired) electrons. The van der Waals surface area contributed by atoms with Gasteiger partial charge in [0.25, 0.3) is 5.91 Å². The highest BCUT2D eigenvalue weighted by Crippen LogP contribution is 2.25. The van der Waals surface area contributed by atoms with Gasteiger partial charge in [-0.25, -0.2) is 13.8 Å². The molecule has 0 saturated heterocycles. The molecule has 0 saturated carbocycles. The van der Waals surface area contributed by atoms with Gasteiger partial charge in [-0.05, 0) is 74.4 Å². The molecule has 0 spiro atoms. The molecule has 9 heteroatoms. The summed E-state index contributed by atoms with van der Waals surface area (Å²) >= 11 is 5.93. The minimum absolute atomic E-state index is 0.0795. The van der Waals surface area contributed by atoms with Crippen molar-refractivity contribution >= 4 is 39.4 Å². The minimum Gasteiger partial charge on any atom is -0.491 e. The topological polar surface area (TPSA) is 88.1 Å². The molecule has 0 bridgehead atoms. The van der Waals surface area contributed by atoms with Gasteiger partial charge in [0, 0.05) is 5.02 Å². The van der Waals surface area contributed by atoms with Gasteiger partial charge in [0.2, 0.25) is 10.0 Å². The summed E-state index contributed by atoms with van der Waals surface area (Å²) in [5.74, 6) is 0.170. The monoisotopic (exact) mass is 437 g/mol. The van der Waals surface area contributed by atoms with E-state index in [4.69, 9.17) is 16.3 Å². The summed E-state index contributed by atoms with van der Waals surface area (Å²) in [6.07, 6.45) is 2.59. The second-order valence-electron chi connectivity index (χ2n) is 6.73. The van der Waals surface area contributed by atoms with E-state index in [1.165, 1.54) is 6.21 Å². The highest BCUT2D eigenvalue weighted by molar-refractivity contribution is 7.92. The molecule has 2 aromatic rings. The van der Waals surface area contributed by atoms with Crippen LogP contribution in [-0.4, -0.2) is 39.4 Å². The SMILES string of the molecule is Cc1cc(Cl)ccc1N(CC(=O)N/N=C\c1ccc(OC(C)C)cc1)S(C)(=O)=O. The van der Waals surface area contributed by atoms with E-state index >= 15 is 0 Å². The predicted molar refractivity (Wildman–Crippen MR) is 116 cm³/mol. The maximum absolute atomic E-state index is 12.2. The summed E-state index contributed by atoms with van der Waals surface area (Å²) < 4.78 is 30.9. The Labute approximate surface area is 176 Å². The lowest BCUT2D eigenvalue weighted by Crippen LogP contribution is -2.39. The molecule has 0 aliphatic carbocycles. The number of hydrogen-bond donors (Lipinski definition) is 1. The van der Waals surface area contributed by atoms with Crippen LogP contribution < -0.4 is 14.5 Å². The number of sulfonamides is 1. The van der Waals surface area contributed by atoms with Crippen molar-refractivity contribution in [2.45, 2.75) is 26.9 Å². The first-order valence-corrected chi connectivity index (χ1v) is 11.1. The van der Waals surface area contributed by atoms with Crippen molar-refractivity contribution in [2.24, 2.45) is 5.10 Å². The average Bonchev–Trinajstić information content (AvgIpc) is 2.60. The van der Waals surface area contributed by atoms with Crippen molar-refractivity contribution in [3.8, 4) is 5.75 Å². The lowest BCUT2D eigenvalue weighted by Gasteiger charge is -2.23. The largest absolute Gasteiger partial charge is 0.491 e. The van der Waals surface area contributed by atoms with Crippen LogP contribution in [0.25, 0.3) is 0 Å². The molecule has 29 heavy (non-hydrogen) atoms. The summed E-state index contributed by atoms with van der Waals surface area (Å²) in [5, 5.41) is 4.37. The third kappa shape index (κ3) is 7.07. The van der Waals surface area contributed by atoms with Gasteiger partial charge >= 0.3 is 0 Å². The van der Waals surface area contributed by atoms with E-state index in [9.17, 15) is 13.2 Å². The number of hydrogen-bond acceptors (Lipinski definition) is 5. The standard InChI is InChI=1S/C20H24ClN3O4S/c1-14(2)28-18-8-5-16(6-9-18)12-22-23-20(25)13-24(29(4,26)27)19-10-7-17(21)11-15(19)3/h5-12,14H,13H2,1-4H3,(H,23,25)/b22-12-. The van der Waals surface area contributed by atoms with Crippen molar-refractivity contribution in [2.75, 3.05) is 17.1 Å². The molecule has 0 heterocycles. The van der Waals surface area contributed by atoms with Gasteiger partial charge in [-0.15, -0.1) is 0 Å². The Hall–Kier alpha value is -2.58. The Bertz CT molecular complexity index is 989. The van der Waals surface area contributed by atoms with Crippen LogP contribution in [-0.2, 0) is 14.8 Å². The fraction of sp³-hybridized carbons (Fsp3) is 0.300. The second-order valence-corrected chi connectivity index (χ2v) is 9.07. The van der Waals surface area contributed by atoms with Crippen LogP contribution >= 0.6 is 11.6 Å². The van der Waals surface area contributed by atoms with Gasteiger partial charge in [0.05, 0.1) is 24.3 Å². The lowest BCUT2D eigenvalue weighted by atomic mass is 10.2. The van der Waals surface area contributed by atoms with Crippen molar-refractivity contribution < 1.29 is 17.9 Å². The van der Waals surface area contributed by atoms with Crippen LogP contribution in [0.1, 0.15) is 25.0 Å². The van der Waals surface area contributed by atoms with Crippen LogP contribution in [0.3, 0.4) is 0 Å². The number of halogens is 1. The van der Waals surface area contributed by atoms with Crippen LogP contribution in [0, 0.1) is 6.92 Å². The molecular formula is C20H24ClN3O4S. The van der Waals surface area contributed by atoms with Crippen molar-refractivity contribution in [1.29, 1.82) is 0 Å². The maximum atomic E-state index is 12.2. The van der Waals surface area contributed by atoms with Crippen molar-refractivity contribution in [1.82, 2.24) is 5.43 Å². The molecular weight excluding hydrogens is 414 g/mol. The van der Waals surface area contributed by atoms with Gasteiger partial charge in [0.15, 0.2) is 0 Å². The van der Waals surface area contributed by atoms with Gasteiger partial charge in [-0.3, -0.25) is 9.10 Å². The maximum Gasteiger partial charge on any atom is 0.260 e. The van der Waals surface area contributed by atoms with Crippen LogP contribution in [0.15, 0.2) is 47.6 Å². The molecule has 0 aliphatic heterocycles. The number of amides is 1. The molecule has 1 N–H and O–H groups in total. The van der Waals surface area contributed by atoms with E-state index in [0.717, 1.165) is 21.9 Å². The number of ether oxygens (including phenoxy) is 1. The molecule has 0 unspecified atom stereocenters. The molecule has 0 aliphatic rings. The Morgan fingerprint density at radius 3 is 2.45 bits per heavy atom. The third-order valence-corrected chi connectivity index (χ3v) is 5.13. The van der Waals surface area contributed by atoms with Crippen molar-refractivity contribution in [3.63, 3.8) is 0 Å². The summed E-state index contributed by atoms with van der Waals surface area (Å²) in [5.41, 5.74) is 4.13. The Morgan fingerprint density at radius 1 is 1.24 bits per heavy atom. The Morgan fingerprint density at radius 2 is 1.90 bits per heavy atom. The molecule has 0 atom stereocenters. The fourth-order valence-corrected chi connectivity index (χ4v) is 3.67. The third-order valence-electron chi connectivity index (χ3n) is 3.77. The lowest BCUT2D eigenvalue weighted by molar-refractivity contribution is -0.119. The number of benzene rings is 2. The second kappa shape index (κ2) is 9.76. The van der Waals surface area contributed by atoms with Gasteiger partial charge in [-0.1, -0.05) is 11.6 Å². The molecule has 2 rings (SSSR count). The number of carbonyl (C=O) groups excluding carboxylic acids is 1. The van der Waals surface area contributed by atoms with Gasteiger partial charge in [0.1, 0.15) is 12.3 Å². The number of nitrogens with zero attached hydrogens (tertiary/aromatic N) is 2. The molecule has 156 valence electrons. The first kappa shape index (κ1) is 22.7. The number of aryl methyl sites for hydroxylation is 1. The molecule has 7 nitrogen and oxygen atoms in total. The predicted octanol–water partition coefficient (Wildman–Crippen LogP) is 3.35. The van der Waals surface area contributed by atoms with Crippen molar-refractivity contribution in [3.05, 3.63) is 58.6 Å². The van der Waals surface area contributed by atoms with E-state index in [-0.39, 0.29) is 6.10 Å². The Kier molecular flexibility index (Phi) is 7.64. The number of nitrogens with one attached hydrogen (secondary N) is 1. The molecule has 0 fully saturated rings. The fourth-order valence-electron chi connectivity index (χ4n) is 2.53. The normalized spacial score (nSPS) is 11.7. The highest BCUT2D eigenvalue weighted by atomic mass is 35.5. The van der Waals surface area contributed by atoms with Crippen LogP contribution in [0.5, 0.6) is 5.75 Å². The Balaban J connectivity index is 2.04. The zero-order valence-electron chi connectivity index (χ0n) is 16.7. The molecule has 2 aromatic carbocycles. The minimum atomic E-state index is -3.68. The van der Waals surface area contributed by atoms with E-state index < -0.39 is 22.5 Å². The van der Waals surface area contributed by atoms with E-state index in [1.807, 2.05) is 13.8 Å². The highest BCUT2D eigenvalue weighted by Gasteiger charge is 2.22. The number of carbonyl (C=O) groups is 1. The average molecular weight is 438 g/mol. The van der Waals surface area contributed by atoms with E-state index in [0.29, 0.717) is 16.3 Å². The number of rotatable bonds is 8. The zero-order chi connectivity index (χ0) is 21.6.